The van der Waals surface area contributed by atoms with Crippen LogP contribution in [0.4, 0.5) is 0 Å². The van der Waals surface area contributed by atoms with Crippen LogP contribution in [-0.2, 0) is 17.7 Å². The fourth-order valence-electron chi connectivity index (χ4n) is 3.11. The minimum absolute atomic E-state index is 0. The molecule has 27 heavy (non-hydrogen) atoms. The molecule has 1 aliphatic heterocycles. The van der Waals surface area contributed by atoms with Gasteiger partial charge in [0.1, 0.15) is 11.5 Å². The van der Waals surface area contributed by atoms with Gasteiger partial charge in [-0.15, -0.1) is 24.0 Å². The van der Waals surface area contributed by atoms with Gasteiger partial charge in [-0.25, -0.2) is 0 Å². The summed E-state index contributed by atoms with van der Waals surface area (Å²) in [5, 5.41) is 3.46. The molecule has 0 bridgehead atoms. The third kappa shape index (κ3) is 6.88. The van der Waals surface area contributed by atoms with Gasteiger partial charge in [0.2, 0.25) is 0 Å². The molecule has 6 nitrogen and oxygen atoms in total. The van der Waals surface area contributed by atoms with E-state index in [0.717, 1.165) is 56.4 Å². The summed E-state index contributed by atoms with van der Waals surface area (Å²) in [5.74, 6) is 2.80. The predicted octanol–water partition coefficient (Wildman–Crippen LogP) is 3.99. The van der Waals surface area contributed by atoms with Gasteiger partial charge >= 0.3 is 0 Å². The first kappa shape index (κ1) is 21.8. The molecule has 1 fully saturated rings. The molecule has 1 aliphatic rings. The van der Waals surface area contributed by atoms with Gasteiger partial charge in [-0.2, -0.15) is 0 Å². The van der Waals surface area contributed by atoms with E-state index in [1.807, 2.05) is 32.2 Å². The van der Waals surface area contributed by atoms with Crippen molar-refractivity contribution in [3.63, 3.8) is 0 Å². The summed E-state index contributed by atoms with van der Waals surface area (Å²) in [6.07, 6.45) is 7.97. The largest absolute Gasteiger partial charge is 0.469 e. The molecule has 1 N–H and O–H groups in total. The van der Waals surface area contributed by atoms with Gasteiger partial charge in [0.05, 0.1) is 25.2 Å². The number of hydrogen-bond donors (Lipinski definition) is 1. The van der Waals surface area contributed by atoms with Gasteiger partial charge in [-0.05, 0) is 44.4 Å². The summed E-state index contributed by atoms with van der Waals surface area (Å²) in [7, 11) is 2.05. The molecule has 1 unspecified atom stereocenters. The number of hydrogen-bond acceptors (Lipinski definition) is 4. The highest BCUT2D eigenvalue weighted by Crippen LogP contribution is 2.14. The molecule has 1 saturated heterocycles. The molecule has 3 rings (SSSR count). The maximum atomic E-state index is 5.81. The van der Waals surface area contributed by atoms with E-state index in [2.05, 4.69) is 10.2 Å². The lowest BCUT2D eigenvalue weighted by molar-refractivity contribution is 0.0223. The molecule has 3 heterocycles. The number of furan rings is 2. The van der Waals surface area contributed by atoms with Crippen LogP contribution in [0.1, 0.15) is 36.3 Å². The number of guanidine groups is 1. The van der Waals surface area contributed by atoms with Crippen molar-refractivity contribution in [2.45, 2.75) is 45.3 Å². The second-order valence-electron chi connectivity index (χ2n) is 6.77. The average Bonchev–Trinajstić information content (AvgIpc) is 3.31. The Balaban J connectivity index is 0.00000261. The number of aliphatic imine (C=N–C) groups is 1. The first-order valence-corrected chi connectivity index (χ1v) is 9.39. The van der Waals surface area contributed by atoms with E-state index in [9.17, 15) is 0 Å². The van der Waals surface area contributed by atoms with Crippen molar-refractivity contribution >= 4 is 29.9 Å². The van der Waals surface area contributed by atoms with Crippen LogP contribution in [0.25, 0.3) is 0 Å². The summed E-state index contributed by atoms with van der Waals surface area (Å²) < 4.78 is 16.6. The van der Waals surface area contributed by atoms with Crippen molar-refractivity contribution in [3.05, 3.63) is 47.8 Å². The number of halogens is 1. The van der Waals surface area contributed by atoms with Crippen LogP contribution >= 0.6 is 24.0 Å². The summed E-state index contributed by atoms with van der Waals surface area (Å²) in [5.41, 5.74) is 1.17. The number of rotatable bonds is 7. The first-order valence-electron chi connectivity index (χ1n) is 9.39. The Kier molecular flexibility index (Phi) is 9.20. The van der Waals surface area contributed by atoms with Crippen LogP contribution in [0.3, 0.4) is 0 Å². The predicted molar refractivity (Wildman–Crippen MR) is 117 cm³/mol. The lowest BCUT2D eigenvalue weighted by Crippen LogP contribution is -2.40. The highest BCUT2D eigenvalue weighted by atomic mass is 127. The zero-order valence-corrected chi connectivity index (χ0v) is 18.5. The smallest absolute Gasteiger partial charge is 0.194 e. The van der Waals surface area contributed by atoms with E-state index in [1.54, 1.807) is 12.5 Å². The summed E-state index contributed by atoms with van der Waals surface area (Å²) in [6.45, 7) is 5.05. The first-order chi connectivity index (χ1) is 12.7. The normalized spacial score (nSPS) is 17.4. The van der Waals surface area contributed by atoms with Crippen molar-refractivity contribution in [2.24, 2.45) is 4.99 Å². The third-order valence-corrected chi connectivity index (χ3v) is 4.69. The minimum Gasteiger partial charge on any atom is -0.469 e. The van der Waals surface area contributed by atoms with Crippen molar-refractivity contribution in [2.75, 3.05) is 26.7 Å². The van der Waals surface area contributed by atoms with Crippen molar-refractivity contribution in [3.8, 4) is 0 Å². The van der Waals surface area contributed by atoms with Crippen LogP contribution in [0.15, 0.2) is 44.6 Å². The Morgan fingerprint density at radius 1 is 1.26 bits per heavy atom. The van der Waals surface area contributed by atoms with Crippen LogP contribution in [0.2, 0.25) is 0 Å². The Hall–Kier alpha value is -1.48. The van der Waals surface area contributed by atoms with Crippen molar-refractivity contribution in [1.82, 2.24) is 10.2 Å². The second kappa shape index (κ2) is 11.4. The quantitative estimate of drug-likeness (QED) is 0.364. The summed E-state index contributed by atoms with van der Waals surface area (Å²) in [4.78, 5) is 6.95. The molecule has 1 atom stereocenters. The lowest BCUT2D eigenvalue weighted by atomic mass is 10.1. The van der Waals surface area contributed by atoms with Crippen LogP contribution in [-0.4, -0.2) is 43.7 Å². The zero-order chi connectivity index (χ0) is 18.2. The van der Waals surface area contributed by atoms with E-state index < -0.39 is 0 Å². The topological polar surface area (TPSA) is 63.1 Å². The van der Waals surface area contributed by atoms with E-state index >= 15 is 0 Å². The molecule has 0 amide bonds. The minimum atomic E-state index is 0. The number of ether oxygens (including phenoxy) is 1. The van der Waals surface area contributed by atoms with Crippen LogP contribution in [0, 0.1) is 6.92 Å². The highest BCUT2D eigenvalue weighted by Gasteiger charge is 2.15. The lowest BCUT2D eigenvalue weighted by Gasteiger charge is -2.25. The Labute approximate surface area is 178 Å². The van der Waals surface area contributed by atoms with Crippen LogP contribution in [0.5, 0.6) is 0 Å². The second-order valence-corrected chi connectivity index (χ2v) is 6.77. The van der Waals surface area contributed by atoms with Gasteiger partial charge in [-0.1, -0.05) is 0 Å². The molecule has 150 valence electrons. The molecular weight excluding hydrogens is 457 g/mol. The number of nitrogens with zero attached hydrogens (tertiary/aromatic N) is 2. The molecule has 2 aromatic heterocycles. The standard InChI is InChI=1S/C20H29N3O3.HI/c1-16-17(9-13-24-16)15-23(2)20(21-10-8-18-7-5-12-25-18)22-14-19-6-3-4-11-26-19;/h5,7,9,12-13,19H,3-4,6,8,10-11,14-15H2,1-2H3,(H,21,22);1H. The molecule has 0 radical (unpaired) electrons. The van der Waals surface area contributed by atoms with Crippen LogP contribution < -0.4 is 5.32 Å². The van der Waals surface area contributed by atoms with E-state index in [1.165, 1.54) is 12.0 Å². The fraction of sp³-hybridized carbons (Fsp3) is 0.550. The Bertz CT molecular complexity index is 678. The third-order valence-electron chi connectivity index (χ3n) is 4.69. The van der Waals surface area contributed by atoms with Gasteiger partial charge in [0.25, 0.3) is 0 Å². The van der Waals surface area contributed by atoms with E-state index in [0.29, 0.717) is 6.54 Å². The molecule has 2 aromatic rings. The van der Waals surface area contributed by atoms with E-state index in [-0.39, 0.29) is 30.1 Å². The maximum absolute atomic E-state index is 5.81. The van der Waals surface area contributed by atoms with Gasteiger partial charge in [0.15, 0.2) is 5.96 Å². The molecule has 0 aliphatic carbocycles. The number of aryl methyl sites for hydroxylation is 1. The molecule has 0 aromatic carbocycles. The fourth-order valence-corrected chi connectivity index (χ4v) is 3.11. The summed E-state index contributed by atoms with van der Waals surface area (Å²) >= 11 is 0. The molecule has 7 heteroatoms. The number of nitrogens with one attached hydrogen (secondary N) is 1. The maximum Gasteiger partial charge on any atom is 0.194 e. The summed E-state index contributed by atoms with van der Waals surface area (Å²) in [6, 6.07) is 5.92. The van der Waals surface area contributed by atoms with E-state index in [4.69, 9.17) is 18.6 Å². The molecule has 0 spiro atoms. The molecule has 0 saturated carbocycles. The Morgan fingerprint density at radius 2 is 2.15 bits per heavy atom. The average molecular weight is 487 g/mol. The molecular formula is C20H30IN3O3. The zero-order valence-electron chi connectivity index (χ0n) is 16.1. The SMILES string of the molecule is Cc1occc1CN(C)C(=NCC1CCCCO1)NCCc1ccco1.I. The van der Waals surface area contributed by atoms with Crippen molar-refractivity contribution in [1.29, 1.82) is 0 Å². The van der Waals surface area contributed by atoms with Gasteiger partial charge in [0, 0.05) is 38.7 Å². The Morgan fingerprint density at radius 3 is 2.81 bits per heavy atom. The monoisotopic (exact) mass is 487 g/mol. The van der Waals surface area contributed by atoms with Gasteiger partial charge < -0.3 is 23.8 Å². The van der Waals surface area contributed by atoms with Gasteiger partial charge in [-0.3, -0.25) is 4.99 Å². The highest BCUT2D eigenvalue weighted by molar-refractivity contribution is 14.0. The van der Waals surface area contributed by atoms with Crippen molar-refractivity contribution < 1.29 is 13.6 Å².